The van der Waals surface area contributed by atoms with Crippen LogP contribution >= 0.6 is 0 Å². The Hall–Kier alpha value is -1.18. The molecule has 2 unspecified atom stereocenters. The molecule has 0 N–H and O–H groups in total. The van der Waals surface area contributed by atoms with Crippen LogP contribution in [-0.4, -0.2) is 12.4 Å². The molecule has 2 aliphatic carbocycles. The number of hydrogen-bond acceptors (Lipinski definition) is 2. The van der Waals surface area contributed by atoms with Gasteiger partial charge in [0.1, 0.15) is 0 Å². The first kappa shape index (κ1) is 13.3. The Morgan fingerprint density at radius 3 is 1.67 bits per heavy atom. The summed E-state index contributed by atoms with van der Waals surface area (Å²) in [6.07, 6.45) is 15.9. The first-order valence-corrected chi connectivity index (χ1v) is 7.12. The van der Waals surface area contributed by atoms with E-state index in [1.165, 1.54) is 36.8 Å². The lowest BCUT2D eigenvalue weighted by Gasteiger charge is -2.16. The van der Waals surface area contributed by atoms with Crippen molar-refractivity contribution in [3.05, 3.63) is 23.3 Å². The molecule has 0 aromatic carbocycles. The Labute approximate surface area is 111 Å². The summed E-state index contributed by atoms with van der Waals surface area (Å²) in [6.45, 7) is 4.42. The molecule has 0 heterocycles. The summed E-state index contributed by atoms with van der Waals surface area (Å²) in [5.74, 6) is 1.19. The van der Waals surface area contributed by atoms with Crippen molar-refractivity contribution in [1.82, 2.24) is 0 Å². The molecule has 2 aliphatic rings. The van der Waals surface area contributed by atoms with Gasteiger partial charge < -0.3 is 0 Å². The number of nitrogens with zero attached hydrogens (tertiary/aromatic N) is 2. The molecule has 98 valence electrons. The predicted octanol–water partition coefficient (Wildman–Crippen LogP) is 4.54. The molecule has 0 spiro atoms. The number of rotatable bonds is 3. The van der Waals surface area contributed by atoms with Crippen LogP contribution in [0.5, 0.6) is 0 Å². The van der Waals surface area contributed by atoms with Gasteiger partial charge in [-0.25, -0.2) is 0 Å². The molecule has 2 nitrogen and oxygen atoms in total. The fourth-order valence-corrected chi connectivity index (χ4v) is 2.51. The second-order valence-corrected chi connectivity index (χ2v) is 5.70. The van der Waals surface area contributed by atoms with Gasteiger partial charge in [0.2, 0.25) is 0 Å². The summed E-state index contributed by atoms with van der Waals surface area (Å²) in [5, 5.41) is 8.46. The Morgan fingerprint density at radius 2 is 1.33 bits per heavy atom. The molecule has 0 amide bonds. The topological polar surface area (TPSA) is 24.7 Å². The third kappa shape index (κ3) is 4.25. The van der Waals surface area contributed by atoms with Crippen LogP contribution in [0.15, 0.2) is 33.5 Å². The minimum absolute atomic E-state index is 0.597. The minimum atomic E-state index is 0.597. The molecular weight excluding hydrogens is 220 g/mol. The van der Waals surface area contributed by atoms with E-state index >= 15 is 0 Å². The predicted molar refractivity (Wildman–Crippen MR) is 79.2 cm³/mol. The molecule has 2 heteroatoms. The quantitative estimate of drug-likeness (QED) is 0.396. The van der Waals surface area contributed by atoms with E-state index in [2.05, 4.69) is 36.2 Å². The zero-order valence-corrected chi connectivity index (χ0v) is 11.6. The molecule has 0 saturated carbocycles. The molecule has 2 atom stereocenters. The van der Waals surface area contributed by atoms with Gasteiger partial charge in [-0.2, -0.15) is 10.2 Å². The molecule has 0 aliphatic heterocycles. The fourth-order valence-electron chi connectivity index (χ4n) is 2.51. The van der Waals surface area contributed by atoms with Crippen LogP contribution in [0.3, 0.4) is 0 Å². The summed E-state index contributed by atoms with van der Waals surface area (Å²) in [7, 11) is 0. The molecule has 0 aromatic rings. The SMILES string of the molecule is CC1=CCC(C=NN=CC2CC=C(C)CC2)CC1. The maximum atomic E-state index is 4.23. The average molecular weight is 244 g/mol. The Kier molecular flexibility index (Phi) is 4.91. The summed E-state index contributed by atoms with van der Waals surface area (Å²) >= 11 is 0. The highest BCUT2D eigenvalue weighted by Crippen LogP contribution is 2.22. The van der Waals surface area contributed by atoms with Crippen LogP contribution in [-0.2, 0) is 0 Å². The van der Waals surface area contributed by atoms with Gasteiger partial charge in [0.25, 0.3) is 0 Å². The van der Waals surface area contributed by atoms with Crippen LogP contribution in [0.4, 0.5) is 0 Å². The first-order valence-electron chi connectivity index (χ1n) is 7.12. The smallest absolute Gasteiger partial charge is 0.0304 e. The van der Waals surface area contributed by atoms with Gasteiger partial charge in [-0.05, 0) is 64.2 Å². The zero-order chi connectivity index (χ0) is 12.8. The van der Waals surface area contributed by atoms with Gasteiger partial charge >= 0.3 is 0 Å². The van der Waals surface area contributed by atoms with Crippen LogP contribution in [0, 0.1) is 11.8 Å². The summed E-state index contributed by atoms with van der Waals surface area (Å²) in [4.78, 5) is 0. The van der Waals surface area contributed by atoms with E-state index in [0.717, 1.165) is 12.8 Å². The number of allylic oxidation sites excluding steroid dienone is 4. The van der Waals surface area contributed by atoms with Crippen molar-refractivity contribution >= 4 is 12.4 Å². The Bertz CT molecular complexity index is 350. The second-order valence-electron chi connectivity index (χ2n) is 5.70. The van der Waals surface area contributed by atoms with E-state index < -0.39 is 0 Å². The van der Waals surface area contributed by atoms with Gasteiger partial charge in [0, 0.05) is 12.4 Å². The van der Waals surface area contributed by atoms with E-state index in [4.69, 9.17) is 0 Å². The van der Waals surface area contributed by atoms with E-state index in [0.29, 0.717) is 11.8 Å². The summed E-state index contributed by atoms with van der Waals surface area (Å²) in [6, 6.07) is 0. The standard InChI is InChI=1S/C16H24N2/c1-13-3-7-15(8-4-13)11-17-18-12-16-9-5-14(2)6-10-16/h3,5,11-12,15-16H,4,6-10H2,1-2H3. The van der Waals surface area contributed by atoms with Crippen molar-refractivity contribution in [2.45, 2.75) is 52.4 Å². The van der Waals surface area contributed by atoms with Gasteiger partial charge in [-0.3, -0.25) is 0 Å². The van der Waals surface area contributed by atoms with Crippen molar-refractivity contribution in [3.8, 4) is 0 Å². The third-order valence-electron chi connectivity index (χ3n) is 3.98. The highest BCUT2D eigenvalue weighted by atomic mass is 15.2. The maximum Gasteiger partial charge on any atom is 0.0304 e. The van der Waals surface area contributed by atoms with Crippen LogP contribution < -0.4 is 0 Å². The van der Waals surface area contributed by atoms with E-state index in [9.17, 15) is 0 Å². The van der Waals surface area contributed by atoms with Gasteiger partial charge in [-0.15, -0.1) is 0 Å². The molecule has 0 aromatic heterocycles. The van der Waals surface area contributed by atoms with Crippen LogP contribution in [0.25, 0.3) is 0 Å². The Balaban J connectivity index is 1.74. The van der Waals surface area contributed by atoms with Gasteiger partial charge in [0.05, 0.1) is 0 Å². The lowest BCUT2D eigenvalue weighted by molar-refractivity contribution is 0.602. The van der Waals surface area contributed by atoms with Gasteiger partial charge in [0.15, 0.2) is 0 Å². The zero-order valence-electron chi connectivity index (χ0n) is 11.6. The third-order valence-corrected chi connectivity index (χ3v) is 3.98. The van der Waals surface area contributed by atoms with Crippen molar-refractivity contribution in [3.63, 3.8) is 0 Å². The molecule has 2 rings (SSSR count). The highest BCUT2D eigenvalue weighted by Gasteiger charge is 2.10. The minimum Gasteiger partial charge on any atom is -0.164 e. The second kappa shape index (κ2) is 6.67. The number of hydrogen-bond donors (Lipinski definition) is 0. The van der Waals surface area contributed by atoms with Crippen molar-refractivity contribution < 1.29 is 0 Å². The largest absolute Gasteiger partial charge is 0.164 e. The normalized spacial score (nSPS) is 29.7. The maximum absolute atomic E-state index is 4.23. The van der Waals surface area contributed by atoms with E-state index in [1.807, 2.05) is 12.4 Å². The van der Waals surface area contributed by atoms with Gasteiger partial charge in [-0.1, -0.05) is 23.3 Å². The van der Waals surface area contributed by atoms with Crippen LogP contribution in [0.1, 0.15) is 52.4 Å². The van der Waals surface area contributed by atoms with Crippen molar-refractivity contribution in [2.75, 3.05) is 0 Å². The Morgan fingerprint density at radius 1 is 0.889 bits per heavy atom. The molecule has 0 bridgehead atoms. The van der Waals surface area contributed by atoms with Crippen molar-refractivity contribution in [1.29, 1.82) is 0 Å². The van der Waals surface area contributed by atoms with E-state index in [1.54, 1.807) is 0 Å². The van der Waals surface area contributed by atoms with E-state index in [-0.39, 0.29) is 0 Å². The molecule has 0 radical (unpaired) electrons. The molecular formula is C16H24N2. The van der Waals surface area contributed by atoms with Crippen LogP contribution in [0.2, 0.25) is 0 Å². The summed E-state index contributed by atoms with van der Waals surface area (Å²) < 4.78 is 0. The van der Waals surface area contributed by atoms with Crippen molar-refractivity contribution in [2.24, 2.45) is 22.0 Å². The monoisotopic (exact) mass is 244 g/mol. The molecule has 18 heavy (non-hydrogen) atoms. The highest BCUT2D eigenvalue weighted by molar-refractivity contribution is 5.65. The molecule has 0 saturated heterocycles. The summed E-state index contributed by atoms with van der Waals surface area (Å²) in [5.41, 5.74) is 3.04. The fraction of sp³-hybridized carbons (Fsp3) is 0.625. The lowest BCUT2D eigenvalue weighted by Crippen LogP contribution is -2.07. The first-order chi connectivity index (χ1) is 8.74. The average Bonchev–Trinajstić information content (AvgIpc) is 2.39. The molecule has 0 fully saturated rings. The lowest BCUT2D eigenvalue weighted by atomic mass is 9.91.